The first-order valence-corrected chi connectivity index (χ1v) is 4.35. The quantitative estimate of drug-likeness (QED) is 0.563. The molecule has 78 valence electrons. The molecule has 0 aliphatic heterocycles. The summed E-state index contributed by atoms with van der Waals surface area (Å²) in [6, 6.07) is 1.81. The smallest absolute Gasteiger partial charge is 0.296 e. The number of anilines is 2. The maximum Gasteiger partial charge on any atom is 0.296 e. The molecule has 6 nitrogen and oxygen atoms in total. The highest BCUT2D eigenvalue weighted by Gasteiger charge is 2.05. The van der Waals surface area contributed by atoms with Gasteiger partial charge in [-0.25, -0.2) is 9.71 Å². The Morgan fingerprint density at radius 3 is 3.13 bits per heavy atom. The Morgan fingerprint density at radius 1 is 1.60 bits per heavy atom. The van der Waals surface area contributed by atoms with E-state index >= 15 is 0 Å². The first kappa shape index (κ1) is 9.32. The Labute approximate surface area is 85.9 Å². The van der Waals surface area contributed by atoms with Crippen LogP contribution >= 0.6 is 0 Å². The zero-order valence-electron chi connectivity index (χ0n) is 7.88. The van der Waals surface area contributed by atoms with Crippen molar-refractivity contribution in [3.05, 3.63) is 41.8 Å². The van der Waals surface area contributed by atoms with Crippen LogP contribution in [0.1, 0.15) is 5.56 Å². The second-order valence-corrected chi connectivity index (χ2v) is 3.01. The third-order valence-electron chi connectivity index (χ3n) is 1.88. The minimum absolute atomic E-state index is 0.193. The first-order chi connectivity index (χ1) is 7.25. The number of hydrogen-bond donors (Lipinski definition) is 2. The van der Waals surface area contributed by atoms with Crippen molar-refractivity contribution in [3.63, 3.8) is 0 Å². The molecular weight excluding hydrogens is 196 g/mol. The summed E-state index contributed by atoms with van der Waals surface area (Å²) in [5.41, 5.74) is 6.29. The van der Waals surface area contributed by atoms with Crippen LogP contribution in [-0.4, -0.2) is 4.98 Å². The summed E-state index contributed by atoms with van der Waals surface area (Å²) in [5.74, 6) is 0.546. The molecule has 0 fully saturated rings. The van der Waals surface area contributed by atoms with Gasteiger partial charge in [-0.1, -0.05) is 0 Å². The summed E-state index contributed by atoms with van der Waals surface area (Å²) in [4.78, 5) is 3.81. The van der Waals surface area contributed by atoms with Gasteiger partial charge >= 0.3 is 0 Å². The molecule has 0 unspecified atom stereocenters. The van der Waals surface area contributed by atoms with Crippen LogP contribution in [0.15, 0.2) is 35.4 Å². The molecule has 6 heteroatoms. The van der Waals surface area contributed by atoms with Crippen LogP contribution in [-0.2, 0) is 6.54 Å². The zero-order chi connectivity index (χ0) is 10.7. The number of nitrogens with one attached hydrogen (secondary N) is 1. The van der Waals surface area contributed by atoms with Gasteiger partial charge in [0.2, 0.25) is 0 Å². The van der Waals surface area contributed by atoms with Crippen molar-refractivity contribution < 1.29 is 9.15 Å². The van der Waals surface area contributed by atoms with Crippen LogP contribution < -0.4 is 15.8 Å². The summed E-state index contributed by atoms with van der Waals surface area (Å²) in [7, 11) is 0. The largest absolute Gasteiger partial charge is 0.710 e. The lowest BCUT2D eigenvalue weighted by Gasteiger charge is -2.07. The molecule has 3 N–H and O–H groups in total. The molecule has 0 saturated carbocycles. The van der Waals surface area contributed by atoms with Gasteiger partial charge in [-0.3, -0.25) is 5.32 Å². The molecule has 2 rings (SSSR count). The van der Waals surface area contributed by atoms with Gasteiger partial charge in [-0.2, -0.15) is 0 Å². The van der Waals surface area contributed by atoms with Crippen molar-refractivity contribution in [2.24, 2.45) is 0 Å². The van der Waals surface area contributed by atoms with Gasteiger partial charge in [-0.05, 0) is 6.07 Å². The van der Waals surface area contributed by atoms with Crippen LogP contribution in [0.3, 0.4) is 0 Å². The third kappa shape index (κ3) is 2.16. The topological polar surface area (TPSA) is 91.0 Å². The predicted molar refractivity (Wildman–Crippen MR) is 53.6 cm³/mol. The molecule has 0 aromatic carbocycles. The van der Waals surface area contributed by atoms with E-state index in [0.717, 1.165) is 5.56 Å². The van der Waals surface area contributed by atoms with E-state index in [9.17, 15) is 5.21 Å². The van der Waals surface area contributed by atoms with E-state index in [1.54, 1.807) is 12.5 Å². The van der Waals surface area contributed by atoms with Crippen molar-refractivity contribution in [2.45, 2.75) is 6.54 Å². The standard InChI is InChI=1S/C9H10N4O2/c10-8-5-13(14)9(4-11-8)12-3-7-1-2-15-6-7/h1-2,4-6,12H,3H2,(H2,10,11). The van der Waals surface area contributed by atoms with Gasteiger partial charge in [-0.15, -0.1) is 0 Å². The molecule has 0 spiro atoms. The molecule has 0 aliphatic carbocycles. The highest BCUT2D eigenvalue weighted by atomic mass is 16.5. The number of hydrogen-bond acceptors (Lipinski definition) is 5. The average Bonchev–Trinajstić information content (AvgIpc) is 2.69. The summed E-state index contributed by atoms with van der Waals surface area (Å²) >= 11 is 0. The lowest BCUT2D eigenvalue weighted by Crippen LogP contribution is -2.31. The Balaban J connectivity index is 2.05. The lowest BCUT2D eigenvalue weighted by molar-refractivity contribution is -0.590. The predicted octanol–water partition coefficient (Wildman–Crippen LogP) is 0.502. The molecule has 2 heterocycles. The molecule has 2 aromatic rings. The lowest BCUT2D eigenvalue weighted by atomic mass is 10.3. The summed E-state index contributed by atoms with van der Waals surface area (Å²) < 4.78 is 5.53. The maximum absolute atomic E-state index is 11.3. The van der Waals surface area contributed by atoms with Crippen molar-refractivity contribution in [1.29, 1.82) is 0 Å². The Kier molecular flexibility index (Phi) is 2.40. The number of nitrogens with zero attached hydrogens (tertiary/aromatic N) is 2. The highest BCUT2D eigenvalue weighted by Crippen LogP contribution is 2.04. The summed E-state index contributed by atoms with van der Waals surface area (Å²) in [6.07, 6.45) is 5.77. The Morgan fingerprint density at radius 2 is 2.47 bits per heavy atom. The fraction of sp³-hybridized carbons (Fsp3) is 0.111. The molecule has 0 bridgehead atoms. The van der Waals surface area contributed by atoms with Gasteiger partial charge in [0.1, 0.15) is 18.9 Å². The summed E-state index contributed by atoms with van der Waals surface area (Å²) in [5, 5.41) is 14.2. The van der Waals surface area contributed by atoms with Crippen LogP contribution in [0.4, 0.5) is 11.6 Å². The fourth-order valence-corrected chi connectivity index (χ4v) is 1.13. The number of rotatable bonds is 3. The van der Waals surface area contributed by atoms with Crippen molar-refractivity contribution >= 4 is 11.6 Å². The zero-order valence-corrected chi connectivity index (χ0v) is 7.88. The molecule has 0 amide bonds. The van der Waals surface area contributed by atoms with E-state index in [1.807, 2.05) is 6.07 Å². The van der Waals surface area contributed by atoms with E-state index < -0.39 is 0 Å². The average molecular weight is 206 g/mol. The van der Waals surface area contributed by atoms with E-state index in [1.165, 1.54) is 12.4 Å². The molecule has 0 saturated heterocycles. The number of aromatic nitrogens is 2. The first-order valence-electron chi connectivity index (χ1n) is 4.35. The summed E-state index contributed by atoms with van der Waals surface area (Å²) in [6.45, 7) is 0.504. The highest BCUT2D eigenvalue weighted by molar-refractivity contribution is 5.31. The van der Waals surface area contributed by atoms with E-state index in [-0.39, 0.29) is 5.82 Å². The van der Waals surface area contributed by atoms with E-state index in [4.69, 9.17) is 10.2 Å². The number of nitrogens with two attached hydrogens (primary N) is 1. The number of nitrogen functional groups attached to an aromatic ring is 1. The third-order valence-corrected chi connectivity index (χ3v) is 1.88. The van der Waals surface area contributed by atoms with Gasteiger partial charge in [0.25, 0.3) is 5.82 Å². The molecular formula is C9H10N4O2. The molecule has 0 atom stereocenters. The van der Waals surface area contributed by atoms with Crippen molar-refractivity contribution in [2.75, 3.05) is 11.1 Å². The minimum Gasteiger partial charge on any atom is -0.710 e. The molecule has 0 radical (unpaired) electrons. The fourth-order valence-electron chi connectivity index (χ4n) is 1.13. The second-order valence-electron chi connectivity index (χ2n) is 3.01. The van der Waals surface area contributed by atoms with Crippen LogP contribution in [0.2, 0.25) is 0 Å². The molecule has 0 aliphatic rings. The van der Waals surface area contributed by atoms with Crippen LogP contribution in [0.25, 0.3) is 0 Å². The Hall–Kier alpha value is -2.24. The normalized spacial score (nSPS) is 10.1. The second kappa shape index (κ2) is 3.87. The van der Waals surface area contributed by atoms with Crippen molar-refractivity contribution in [1.82, 2.24) is 4.98 Å². The van der Waals surface area contributed by atoms with E-state index in [0.29, 0.717) is 17.1 Å². The van der Waals surface area contributed by atoms with Gasteiger partial charge < -0.3 is 15.4 Å². The van der Waals surface area contributed by atoms with Gasteiger partial charge in [0.05, 0.1) is 12.5 Å². The number of furan rings is 1. The molecule has 2 aromatic heterocycles. The Bertz CT molecular complexity index is 441. The van der Waals surface area contributed by atoms with Crippen LogP contribution in [0.5, 0.6) is 0 Å². The molecule has 15 heavy (non-hydrogen) atoms. The van der Waals surface area contributed by atoms with Gasteiger partial charge in [0.15, 0.2) is 5.82 Å². The van der Waals surface area contributed by atoms with Crippen LogP contribution in [0, 0.1) is 5.21 Å². The minimum atomic E-state index is 0.193. The maximum atomic E-state index is 11.3. The van der Waals surface area contributed by atoms with E-state index in [2.05, 4.69) is 10.3 Å². The van der Waals surface area contributed by atoms with Crippen molar-refractivity contribution in [3.8, 4) is 0 Å². The monoisotopic (exact) mass is 206 g/mol. The SMILES string of the molecule is Nc1c[n+]([O-])c(NCc2ccoc2)cn1. The van der Waals surface area contributed by atoms with Gasteiger partial charge in [0, 0.05) is 5.56 Å².